The second kappa shape index (κ2) is 8.12. The summed E-state index contributed by atoms with van der Waals surface area (Å²) < 4.78 is 62.7. The van der Waals surface area contributed by atoms with E-state index >= 15 is 0 Å². The predicted octanol–water partition coefficient (Wildman–Crippen LogP) is 3.02. The van der Waals surface area contributed by atoms with E-state index in [2.05, 4.69) is 25.1 Å². The molecule has 1 N–H and O–H groups in total. The van der Waals surface area contributed by atoms with E-state index in [1.54, 1.807) is 0 Å². The molecule has 0 saturated carbocycles. The first-order valence-corrected chi connectivity index (χ1v) is 7.93. The number of aryl methyl sites for hydroxylation is 1. The molecule has 12 heteroatoms. The van der Waals surface area contributed by atoms with Crippen LogP contribution in [0.3, 0.4) is 0 Å². The van der Waals surface area contributed by atoms with E-state index in [1.807, 2.05) is 0 Å². The molecule has 0 atom stereocenters. The summed E-state index contributed by atoms with van der Waals surface area (Å²) in [4.78, 5) is 19.4. The fourth-order valence-corrected chi connectivity index (χ4v) is 2.47. The molecule has 3 aromatic rings. The summed E-state index contributed by atoms with van der Waals surface area (Å²) in [5.74, 6) is -3.19. The van der Waals surface area contributed by atoms with Crippen LogP contribution in [-0.2, 0) is 7.05 Å². The van der Waals surface area contributed by atoms with Gasteiger partial charge in [-0.2, -0.15) is 13.9 Å². The topological polar surface area (TPSA) is 91.2 Å². The Kier molecular flexibility index (Phi) is 5.61. The molecule has 0 unspecified atom stereocenters. The molecule has 1 amide bonds. The number of carbonyl (C=O) groups excluding carboxylic acids is 1. The van der Waals surface area contributed by atoms with Gasteiger partial charge < -0.3 is 14.8 Å². The number of rotatable bonds is 6. The Bertz CT molecular complexity index is 1040. The third-order valence-corrected chi connectivity index (χ3v) is 3.75. The average molecular weight is 411 g/mol. The van der Waals surface area contributed by atoms with Crippen LogP contribution in [0.15, 0.2) is 30.7 Å². The lowest BCUT2D eigenvalue weighted by Gasteiger charge is -2.10. The Morgan fingerprint density at radius 2 is 1.86 bits per heavy atom. The summed E-state index contributed by atoms with van der Waals surface area (Å²) in [6, 6.07) is 2.47. The molecule has 152 valence electrons. The van der Waals surface area contributed by atoms with E-state index in [9.17, 15) is 22.4 Å². The van der Waals surface area contributed by atoms with Crippen LogP contribution < -0.4 is 14.8 Å². The number of nitrogens with zero attached hydrogens (tertiary/aromatic N) is 4. The lowest BCUT2D eigenvalue weighted by molar-refractivity contribution is -0.0529. The first-order chi connectivity index (χ1) is 13.8. The van der Waals surface area contributed by atoms with Crippen LogP contribution >= 0.6 is 0 Å². The molecule has 0 spiro atoms. The Hall–Kier alpha value is -3.70. The van der Waals surface area contributed by atoms with Gasteiger partial charge in [-0.25, -0.2) is 13.8 Å². The molecule has 0 bridgehead atoms. The number of nitrogens with one attached hydrogen (secondary N) is 1. The van der Waals surface area contributed by atoms with Crippen LogP contribution in [0.5, 0.6) is 11.6 Å². The monoisotopic (exact) mass is 411 g/mol. The standard InChI is InChI=1S/C17H13F4N5O3/c1-26-12(8-5-23-14(29-17(20)21)4-13(8)28-2)3-11(25-26)16(27)24-15-9(18)6-22-7-10(15)19/h3-7,17H,1-2H3,(H,22,24,27). The molecular formula is C17H13F4N5O3. The number of ether oxygens (including phenoxy) is 2. The molecular weight excluding hydrogens is 398 g/mol. The average Bonchev–Trinajstić information content (AvgIpc) is 3.05. The van der Waals surface area contributed by atoms with E-state index in [1.165, 1.54) is 31.1 Å². The van der Waals surface area contributed by atoms with E-state index in [4.69, 9.17) is 4.74 Å². The number of hydrogen-bond donors (Lipinski definition) is 1. The van der Waals surface area contributed by atoms with E-state index in [0.717, 1.165) is 18.5 Å². The van der Waals surface area contributed by atoms with Crippen molar-refractivity contribution in [2.45, 2.75) is 6.61 Å². The second-order valence-electron chi connectivity index (χ2n) is 5.57. The van der Waals surface area contributed by atoms with Crippen molar-refractivity contribution in [3.05, 3.63) is 48.1 Å². The van der Waals surface area contributed by atoms with Gasteiger partial charge in [0.05, 0.1) is 30.8 Å². The lowest BCUT2D eigenvalue weighted by atomic mass is 10.1. The van der Waals surface area contributed by atoms with Crippen LogP contribution in [-0.4, -0.2) is 39.4 Å². The van der Waals surface area contributed by atoms with Gasteiger partial charge in [0, 0.05) is 19.3 Å². The van der Waals surface area contributed by atoms with Crippen LogP contribution in [0.1, 0.15) is 10.5 Å². The van der Waals surface area contributed by atoms with Gasteiger partial charge in [-0.3, -0.25) is 14.5 Å². The fourth-order valence-electron chi connectivity index (χ4n) is 2.47. The molecule has 0 aliphatic rings. The highest BCUT2D eigenvalue weighted by Crippen LogP contribution is 2.32. The van der Waals surface area contributed by atoms with Gasteiger partial charge in [0.1, 0.15) is 11.4 Å². The molecule has 8 nitrogen and oxygen atoms in total. The molecule has 0 aromatic carbocycles. The number of hydrogen-bond acceptors (Lipinski definition) is 6. The van der Waals surface area contributed by atoms with E-state index < -0.39 is 29.8 Å². The van der Waals surface area contributed by atoms with Gasteiger partial charge in [-0.1, -0.05) is 0 Å². The lowest BCUT2D eigenvalue weighted by Crippen LogP contribution is -2.15. The number of aromatic nitrogens is 4. The van der Waals surface area contributed by atoms with Gasteiger partial charge in [0.25, 0.3) is 5.91 Å². The van der Waals surface area contributed by atoms with Crippen LogP contribution in [0, 0.1) is 11.6 Å². The number of pyridine rings is 2. The molecule has 3 aromatic heterocycles. The zero-order valence-electron chi connectivity index (χ0n) is 15.0. The molecule has 3 rings (SSSR count). The van der Waals surface area contributed by atoms with Crippen LogP contribution in [0.2, 0.25) is 0 Å². The quantitative estimate of drug-likeness (QED) is 0.627. The third-order valence-electron chi connectivity index (χ3n) is 3.75. The fraction of sp³-hybridized carbons (Fsp3) is 0.176. The summed E-state index contributed by atoms with van der Waals surface area (Å²) in [6.45, 7) is -3.06. The number of halogens is 4. The maximum absolute atomic E-state index is 13.7. The summed E-state index contributed by atoms with van der Waals surface area (Å²) in [6.07, 6.45) is 2.71. The minimum atomic E-state index is -3.06. The molecule has 0 radical (unpaired) electrons. The SMILES string of the molecule is COc1cc(OC(F)F)ncc1-c1cc(C(=O)Nc2c(F)cncc2F)nn1C. The van der Waals surface area contributed by atoms with Crippen molar-refractivity contribution >= 4 is 11.6 Å². The number of anilines is 1. The molecule has 0 fully saturated rings. The van der Waals surface area contributed by atoms with Crippen LogP contribution in [0.4, 0.5) is 23.2 Å². The Labute approximate surface area is 161 Å². The summed E-state index contributed by atoms with van der Waals surface area (Å²) in [7, 11) is 2.81. The zero-order valence-corrected chi connectivity index (χ0v) is 15.0. The minimum absolute atomic E-state index is 0.136. The summed E-state index contributed by atoms with van der Waals surface area (Å²) in [5, 5.41) is 6.09. The smallest absolute Gasteiger partial charge is 0.388 e. The van der Waals surface area contributed by atoms with Crippen molar-refractivity contribution < 1.29 is 31.8 Å². The highest BCUT2D eigenvalue weighted by molar-refractivity contribution is 6.03. The number of amides is 1. The highest BCUT2D eigenvalue weighted by Gasteiger charge is 2.20. The van der Waals surface area contributed by atoms with Gasteiger partial charge in [-0.05, 0) is 6.07 Å². The highest BCUT2D eigenvalue weighted by atomic mass is 19.3. The Morgan fingerprint density at radius 3 is 2.48 bits per heavy atom. The van der Waals surface area contributed by atoms with E-state index in [0.29, 0.717) is 11.3 Å². The van der Waals surface area contributed by atoms with Gasteiger partial charge in [0.2, 0.25) is 5.88 Å². The molecule has 29 heavy (non-hydrogen) atoms. The van der Waals surface area contributed by atoms with Crippen molar-refractivity contribution in [2.24, 2.45) is 7.05 Å². The minimum Gasteiger partial charge on any atom is -0.496 e. The Balaban J connectivity index is 1.91. The third kappa shape index (κ3) is 4.25. The zero-order chi connectivity index (χ0) is 21.1. The van der Waals surface area contributed by atoms with Gasteiger partial charge in [0.15, 0.2) is 17.3 Å². The normalized spacial score (nSPS) is 10.9. The Morgan fingerprint density at radius 1 is 1.17 bits per heavy atom. The number of alkyl halides is 2. The maximum Gasteiger partial charge on any atom is 0.388 e. The van der Waals surface area contributed by atoms with E-state index in [-0.39, 0.29) is 17.3 Å². The number of methoxy groups -OCH3 is 1. The van der Waals surface area contributed by atoms with Gasteiger partial charge >= 0.3 is 6.61 Å². The largest absolute Gasteiger partial charge is 0.496 e. The number of carbonyl (C=O) groups is 1. The first-order valence-electron chi connectivity index (χ1n) is 7.93. The van der Waals surface area contributed by atoms with Crippen molar-refractivity contribution in [1.82, 2.24) is 19.7 Å². The first kappa shape index (κ1) is 20.0. The van der Waals surface area contributed by atoms with Crippen molar-refractivity contribution in [1.29, 1.82) is 0 Å². The maximum atomic E-state index is 13.7. The molecule has 0 aliphatic heterocycles. The predicted molar refractivity (Wildman–Crippen MR) is 91.7 cm³/mol. The van der Waals surface area contributed by atoms with Crippen LogP contribution in [0.25, 0.3) is 11.3 Å². The van der Waals surface area contributed by atoms with Gasteiger partial charge in [-0.15, -0.1) is 0 Å². The van der Waals surface area contributed by atoms with Crippen molar-refractivity contribution in [2.75, 3.05) is 12.4 Å². The summed E-state index contributed by atoms with van der Waals surface area (Å²) in [5.41, 5.74) is -0.166. The summed E-state index contributed by atoms with van der Waals surface area (Å²) >= 11 is 0. The molecule has 0 aliphatic carbocycles. The van der Waals surface area contributed by atoms with Crippen molar-refractivity contribution in [3.8, 4) is 22.9 Å². The molecule has 3 heterocycles. The second-order valence-corrected chi connectivity index (χ2v) is 5.57. The van der Waals surface area contributed by atoms with Crippen molar-refractivity contribution in [3.63, 3.8) is 0 Å². The molecule has 0 saturated heterocycles.